The van der Waals surface area contributed by atoms with E-state index in [1.807, 2.05) is 48.8 Å². The Hall–Kier alpha value is -3.24. The van der Waals surface area contributed by atoms with Crippen molar-refractivity contribution in [1.82, 2.24) is 24.7 Å². The fourth-order valence-electron chi connectivity index (χ4n) is 3.69. The first-order valence-electron chi connectivity index (χ1n) is 10.2. The minimum absolute atomic E-state index is 0.135. The van der Waals surface area contributed by atoms with Crippen LogP contribution in [0.25, 0.3) is 0 Å². The highest BCUT2D eigenvalue weighted by molar-refractivity contribution is 6.29. The van der Waals surface area contributed by atoms with Crippen molar-refractivity contribution in [3.8, 4) is 0 Å². The Morgan fingerprint density at radius 1 is 1.34 bits per heavy atom. The van der Waals surface area contributed by atoms with Crippen molar-refractivity contribution in [2.75, 3.05) is 29.7 Å². The summed E-state index contributed by atoms with van der Waals surface area (Å²) in [5, 5.41) is 11.0. The molecule has 0 unspecified atom stereocenters. The Balaban J connectivity index is 1.47. The van der Waals surface area contributed by atoms with Crippen molar-refractivity contribution in [2.45, 2.75) is 39.1 Å². The molecule has 1 amide bonds. The number of hydrogen-bond donors (Lipinski definition) is 2. The van der Waals surface area contributed by atoms with Gasteiger partial charge in [0, 0.05) is 38.7 Å². The summed E-state index contributed by atoms with van der Waals surface area (Å²) in [7, 11) is 3.42. The summed E-state index contributed by atoms with van der Waals surface area (Å²) < 4.78 is 7.22. The molecule has 0 saturated heterocycles. The number of carbonyl (C=O) groups excluding carboxylic acids is 1. The molecule has 2 N–H and O–H groups in total. The fourth-order valence-corrected chi connectivity index (χ4v) is 3.89. The summed E-state index contributed by atoms with van der Waals surface area (Å²) >= 11 is 5.95. The molecule has 0 fully saturated rings. The van der Waals surface area contributed by atoms with Gasteiger partial charge in [-0.15, -0.1) is 0 Å². The van der Waals surface area contributed by atoms with Gasteiger partial charge in [0.15, 0.2) is 5.82 Å². The molecular weight excluding hydrogens is 432 g/mol. The Kier molecular flexibility index (Phi) is 6.24. The molecule has 32 heavy (non-hydrogen) atoms. The molecule has 4 rings (SSSR count). The zero-order chi connectivity index (χ0) is 22.8. The van der Waals surface area contributed by atoms with E-state index in [4.69, 9.17) is 16.3 Å². The number of halogens is 1. The first-order chi connectivity index (χ1) is 15.4. The number of aromatic nitrogens is 5. The lowest BCUT2D eigenvalue weighted by molar-refractivity contribution is -0.120. The van der Waals surface area contributed by atoms with Crippen LogP contribution in [0.4, 0.5) is 17.5 Å². The van der Waals surface area contributed by atoms with Crippen molar-refractivity contribution in [1.29, 1.82) is 0 Å². The highest BCUT2D eigenvalue weighted by atomic mass is 35.5. The summed E-state index contributed by atoms with van der Waals surface area (Å²) in [6.07, 6.45) is 5.14. The van der Waals surface area contributed by atoms with Gasteiger partial charge < -0.3 is 20.3 Å². The topological polar surface area (TPSA) is 110 Å². The summed E-state index contributed by atoms with van der Waals surface area (Å²) in [5.41, 5.74) is 3.31. The van der Waals surface area contributed by atoms with Crippen LogP contribution in [0.1, 0.15) is 23.7 Å². The molecular formula is C21H25ClN8O2. The molecule has 0 bridgehead atoms. The molecule has 0 aliphatic carbocycles. The van der Waals surface area contributed by atoms with Crippen LogP contribution < -0.4 is 15.5 Å². The van der Waals surface area contributed by atoms with Crippen LogP contribution in [0.2, 0.25) is 5.15 Å². The lowest BCUT2D eigenvalue weighted by atomic mass is 10.1. The number of pyridine rings is 1. The van der Waals surface area contributed by atoms with Crippen LogP contribution in [-0.4, -0.2) is 56.9 Å². The summed E-state index contributed by atoms with van der Waals surface area (Å²) in [5.74, 6) is 0.991. The summed E-state index contributed by atoms with van der Waals surface area (Å²) in [6, 6.07) is 3.25. The Morgan fingerprint density at radius 3 is 2.91 bits per heavy atom. The molecule has 11 heteroatoms. The van der Waals surface area contributed by atoms with E-state index >= 15 is 0 Å². The van der Waals surface area contributed by atoms with Crippen molar-refractivity contribution < 1.29 is 9.53 Å². The average Bonchev–Trinajstić information content (AvgIpc) is 3.20. The van der Waals surface area contributed by atoms with Crippen molar-refractivity contribution in [2.24, 2.45) is 0 Å². The van der Waals surface area contributed by atoms with Gasteiger partial charge >= 0.3 is 0 Å². The van der Waals surface area contributed by atoms with Crippen LogP contribution in [0.3, 0.4) is 0 Å². The van der Waals surface area contributed by atoms with Crippen LogP contribution in [0.15, 0.2) is 30.7 Å². The van der Waals surface area contributed by atoms with Crippen LogP contribution in [0.5, 0.6) is 0 Å². The quantitative estimate of drug-likeness (QED) is 0.522. The molecule has 3 aromatic heterocycles. The number of rotatable bonds is 7. The van der Waals surface area contributed by atoms with Crippen molar-refractivity contribution in [3.05, 3.63) is 52.7 Å². The number of carbonyl (C=O) groups is 1. The van der Waals surface area contributed by atoms with Gasteiger partial charge in [0.1, 0.15) is 16.9 Å². The molecule has 0 radical (unpaired) electrons. The van der Waals surface area contributed by atoms with E-state index in [0.29, 0.717) is 41.4 Å². The van der Waals surface area contributed by atoms with Crippen LogP contribution in [-0.2, 0) is 22.6 Å². The van der Waals surface area contributed by atoms with Crippen LogP contribution >= 0.6 is 11.6 Å². The number of amides is 1. The first kappa shape index (κ1) is 22.0. The van der Waals surface area contributed by atoms with Crippen molar-refractivity contribution in [3.63, 3.8) is 0 Å². The maximum absolute atomic E-state index is 12.5. The molecule has 4 heterocycles. The third-order valence-corrected chi connectivity index (χ3v) is 5.64. The highest BCUT2D eigenvalue weighted by Crippen LogP contribution is 2.33. The van der Waals surface area contributed by atoms with E-state index in [1.54, 1.807) is 19.5 Å². The molecule has 3 aromatic rings. The van der Waals surface area contributed by atoms with Crippen molar-refractivity contribution >= 4 is 35.0 Å². The number of fused-ring (bicyclic) bond motifs is 1. The predicted octanol–water partition coefficient (Wildman–Crippen LogP) is 2.48. The number of nitrogens with one attached hydrogen (secondary N) is 2. The Labute approximate surface area is 191 Å². The van der Waals surface area contributed by atoms with Gasteiger partial charge in [0.2, 0.25) is 11.9 Å². The van der Waals surface area contributed by atoms with Gasteiger partial charge in [0.25, 0.3) is 0 Å². The smallest absolute Gasteiger partial charge is 0.249 e. The van der Waals surface area contributed by atoms with Gasteiger partial charge in [-0.05, 0) is 31.5 Å². The minimum atomic E-state index is -0.477. The van der Waals surface area contributed by atoms with E-state index in [0.717, 1.165) is 11.1 Å². The largest absolute Gasteiger partial charge is 0.379 e. The first-order valence-corrected chi connectivity index (χ1v) is 10.5. The van der Waals surface area contributed by atoms with E-state index in [9.17, 15) is 4.79 Å². The van der Waals surface area contributed by atoms with Gasteiger partial charge in [-0.3, -0.25) is 9.48 Å². The standard InChI is InChI=1S/C21H25ClN8O2/c1-12-17-19(29(3)18(13(2)32-4)20(31)27-17)28-21(26-12)24-8-15-9-25-30(11-15)10-14-5-6-23-16(22)7-14/h5-7,9,11,13,18H,8,10H2,1-4H3,(H,27,31)(H,24,26,28)/t13-,18+/m1/s1. The van der Waals surface area contributed by atoms with Crippen LogP contribution in [0, 0.1) is 6.92 Å². The number of likely N-dealkylation sites (N-methyl/N-ethyl adjacent to an activating group) is 1. The van der Waals surface area contributed by atoms with Gasteiger partial charge in [-0.1, -0.05) is 11.6 Å². The normalized spacial score (nSPS) is 16.5. The monoisotopic (exact) mass is 456 g/mol. The second-order valence-corrected chi connectivity index (χ2v) is 8.09. The second-order valence-electron chi connectivity index (χ2n) is 7.70. The maximum atomic E-state index is 12.5. The molecule has 168 valence electrons. The molecule has 1 aliphatic rings. The number of methoxy groups -OCH3 is 1. The second kappa shape index (κ2) is 9.09. The van der Waals surface area contributed by atoms with Gasteiger partial charge in [-0.25, -0.2) is 9.97 Å². The molecule has 0 saturated carbocycles. The third kappa shape index (κ3) is 4.51. The lowest BCUT2D eigenvalue weighted by Gasteiger charge is -2.37. The molecule has 10 nitrogen and oxygen atoms in total. The highest BCUT2D eigenvalue weighted by Gasteiger charge is 2.37. The molecule has 1 aliphatic heterocycles. The van der Waals surface area contributed by atoms with E-state index in [1.165, 1.54) is 0 Å². The summed E-state index contributed by atoms with van der Waals surface area (Å²) in [6.45, 7) is 4.80. The Bertz CT molecular complexity index is 1130. The zero-order valence-corrected chi connectivity index (χ0v) is 19.1. The van der Waals surface area contributed by atoms with Gasteiger partial charge in [-0.2, -0.15) is 10.1 Å². The number of hydrogen-bond acceptors (Lipinski definition) is 8. The van der Waals surface area contributed by atoms with E-state index < -0.39 is 6.04 Å². The average molecular weight is 457 g/mol. The molecule has 0 spiro atoms. The van der Waals surface area contributed by atoms with E-state index in [2.05, 4.69) is 30.7 Å². The minimum Gasteiger partial charge on any atom is -0.379 e. The third-order valence-electron chi connectivity index (χ3n) is 5.43. The van der Waals surface area contributed by atoms with Gasteiger partial charge in [0.05, 0.1) is 24.5 Å². The molecule has 0 aromatic carbocycles. The maximum Gasteiger partial charge on any atom is 0.249 e. The zero-order valence-electron chi connectivity index (χ0n) is 18.3. The lowest BCUT2D eigenvalue weighted by Crippen LogP contribution is -2.53. The van der Waals surface area contributed by atoms with E-state index in [-0.39, 0.29) is 12.0 Å². The number of anilines is 3. The number of nitrogens with zero attached hydrogens (tertiary/aromatic N) is 6. The summed E-state index contributed by atoms with van der Waals surface area (Å²) in [4.78, 5) is 27.5. The number of ether oxygens (including phenoxy) is 1. The fraction of sp³-hybridized carbons (Fsp3) is 0.381. The predicted molar refractivity (Wildman–Crippen MR) is 122 cm³/mol. The Morgan fingerprint density at radius 2 is 2.16 bits per heavy atom. The number of aryl methyl sites for hydroxylation is 1. The SMILES string of the molecule is CO[C@H](C)[C@H]1C(=O)Nc2c(C)nc(NCc3cnn(Cc4ccnc(Cl)c4)c3)nc2N1C. The molecule has 2 atom stereocenters.